The molecule has 0 spiro atoms. The number of carbonyl (C=O) groups is 1. The number of nitrogens with one attached hydrogen (secondary N) is 1. The molecular weight excluding hydrogens is 612 g/mol. The van der Waals surface area contributed by atoms with E-state index in [4.69, 9.17) is 9.47 Å². The van der Waals surface area contributed by atoms with Crippen molar-refractivity contribution in [3.05, 3.63) is 154 Å². The highest BCUT2D eigenvalue weighted by molar-refractivity contribution is 9.10. The molecule has 0 fully saturated rings. The van der Waals surface area contributed by atoms with Crippen molar-refractivity contribution in [2.24, 2.45) is 0 Å². The van der Waals surface area contributed by atoms with Crippen molar-refractivity contribution in [1.29, 1.82) is 5.26 Å². The van der Waals surface area contributed by atoms with Gasteiger partial charge in [-0.2, -0.15) is 5.26 Å². The molecule has 214 valence electrons. The van der Waals surface area contributed by atoms with E-state index in [1.165, 1.54) is 0 Å². The van der Waals surface area contributed by atoms with Gasteiger partial charge in [-0.05, 0) is 81.2 Å². The SMILES string of the molecule is N#C/C(=C\c1c(OCc2cccc3ccccc23)ccc2ccccc12)C(=O)Nc1ccc(OCc2ccc(Br)cc2)cc1. The third kappa shape index (κ3) is 6.64. The van der Waals surface area contributed by atoms with E-state index in [0.29, 0.717) is 36.0 Å². The maximum absolute atomic E-state index is 13.3. The van der Waals surface area contributed by atoms with Crippen LogP contribution >= 0.6 is 15.9 Å². The zero-order valence-electron chi connectivity index (χ0n) is 23.7. The Morgan fingerprint density at radius 2 is 1.41 bits per heavy atom. The van der Waals surface area contributed by atoms with E-state index in [1.54, 1.807) is 30.3 Å². The van der Waals surface area contributed by atoms with Crippen LogP contribution in [0.5, 0.6) is 11.5 Å². The number of rotatable bonds is 9. The number of fused-ring (bicyclic) bond motifs is 2. The van der Waals surface area contributed by atoms with Gasteiger partial charge < -0.3 is 14.8 Å². The van der Waals surface area contributed by atoms with Crippen LogP contribution in [0.3, 0.4) is 0 Å². The van der Waals surface area contributed by atoms with Gasteiger partial charge in [-0.1, -0.05) is 101 Å². The largest absolute Gasteiger partial charge is 0.489 e. The molecule has 6 aromatic rings. The van der Waals surface area contributed by atoms with Gasteiger partial charge in [0.1, 0.15) is 36.4 Å². The summed E-state index contributed by atoms with van der Waals surface area (Å²) in [7, 11) is 0. The van der Waals surface area contributed by atoms with Crippen LogP contribution in [-0.2, 0) is 18.0 Å². The van der Waals surface area contributed by atoms with Gasteiger partial charge in [-0.15, -0.1) is 0 Å². The first-order valence-corrected chi connectivity index (χ1v) is 14.9. The van der Waals surface area contributed by atoms with E-state index in [-0.39, 0.29) is 5.57 Å². The predicted octanol–water partition coefficient (Wildman–Crippen LogP) is 9.46. The zero-order valence-corrected chi connectivity index (χ0v) is 25.3. The lowest BCUT2D eigenvalue weighted by Gasteiger charge is -2.14. The number of hydrogen-bond donors (Lipinski definition) is 1. The van der Waals surface area contributed by atoms with E-state index in [2.05, 4.69) is 45.5 Å². The fourth-order valence-corrected chi connectivity index (χ4v) is 5.26. The van der Waals surface area contributed by atoms with Crippen molar-refractivity contribution in [2.75, 3.05) is 5.32 Å². The number of benzene rings is 6. The molecule has 6 rings (SSSR count). The van der Waals surface area contributed by atoms with Crippen LogP contribution in [0.2, 0.25) is 0 Å². The number of amides is 1. The maximum atomic E-state index is 13.3. The molecule has 0 aliphatic rings. The quantitative estimate of drug-likeness (QED) is 0.126. The first-order chi connectivity index (χ1) is 21.6. The highest BCUT2D eigenvalue weighted by Crippen LogP contribution is 2.32. The standard InChI is InChI=1S/C38H27BrN2O3/c39-31-15-12-26(13-16-31)24-43-33-19-17-32(18-20-33)41-38(42)30(23-40)22-36-35-11-4-2-7-28(35)14-21-37(36)44-25-29-9-5-8-27-6-1-3-10-34(27)29/h1-22H,24-25H2,(H,41,42)/b30-22+. The topological polar surface area (TPSA) is 71.3 Å². The lowest BCUT2D eigenvalue weighted by atomic mass is 10.0. The number of anilines is 1. The van der Waals surface area contributed by atoms with Crippen LogP contribution in [0.1, 0.15) is 16.7 Å². The molecule has 1 N–H and O–H groups in total. The van der Waals surface area contributed by atoms with Crippen molar-refractivity contribution in [1.82, 2.24) is 0 Å². The van der Waals surface area contributed by atoms with Gasteiger partial charge in [0.2, 0.25) is 0 Å². The van der Waals surface area contributed by atoms with Crippen molar-refractivity contribution in [3.63, 3.8) is 0 Å². The Hall–Kier alpha value is -5.38. The van der Waals surface area contributed by atoms with Crippen LogP contribution in [-0.4, -0.2) is 5.91 Å². The van der Waals surface area contributed by atoms with Crippen LogP contribution in [0.25, 0.3) is 27.6 Å². The molecule has 0 saturated carbocycles. The summed E-state index contributed by atoms with van der Waals surface area (Å²) in [5.41, 5.74) is 3.29. The molecule has 0 unspecified atom stereocenters. The molecule has 44 heavy (non-hydrogen) atoms. The Morgan fingerprint density at radius 3 is 2.16 bits per heavy atom. The minimum absolute atomic E-state index is 0.0353. The van der Waals surface area contributed by atoms with Crippen molar-refractivity contribution < 1.29 is 14.3 Å². The summed E-state index contributed by atoms with van der Waals surface area (Å²) in [6.07, 6.45) is 1.60. The van der Waals surface area contributed by atoms with E-state index in [1.807, 2.05) is 84.9 Å². The highest BCUT2D eigenvalue weighted by Gasteiger charge is 2.15. The summed E-state index contributed by atoms with van der Waals surface area (Å²) in [5.74, 6) is 0.749. The Kier molecular flexibility index (Phi) is 8.67. The Labute approximate surface area is 264 Å². The second kappa shape index (κ2) is 13.3. The monoisotopic (exact) mass is 638 g/mol. The molecule has 6 heteroatoms. The summed E-state index contributed by atoms with van der Waals surface area (Å²) < 4.78 is 13.2. The molecule has 0 aromatic heterocycles. The van der Waals surface area contributed by atoms with Gasteiger partial charge in [0.15, 0.2) is 0 Å². The van der Waals surface area contributed by atoms with Gasteiger partial charge in [0.25, 0.3) is 5.91 Å². The molecule has 0 atom stereocenters. The van der Waals surface area contributed by atoms with Crippen LogP contribution in [0.15, 0.2) is 137 Å². The summed E-state index contributed by atoms with van der Waals surface area (Å²) >= 11 is 3.43. The first-order valence-electron chi connectivity index (χ1n) is 14.1. The molecule has 0 aliphatic heterocycles. The number of halogens is 1. The summed E-state index contributed by atoms with van der Waals surface area (Å²) in [5, 5.41) is 17.0. The van der Waals surface area contributed by atoms with E-state index >= 15 is 0 Å². The van der Waals surface area contributed by atoms with Gasteiger partial charge in [0.05, 0.1) is 0 Å². The molecule has 0 aliphatic carbocycles. The smallest absolute Gasteiger partial charge is 0.266 e. The number of nitrogens with zero attached hydrogens (tertiary/aromatic N) is 1. The van der Waals surface area contributed by atoms with E-state index in [0.717, 1.165) is 37.1 Å². The van der Waals surface area contributed by atoms with Crippen molar-refractivity contribution >= 4 is 55.1 Å². The van der Waals surface area contributed by atoms with Crippen molar-refractivity contribution in [3.8, 4) is 17.6 Å². The molecule has 0 heterocycles. The van der Waals surface area contributed by atoms with Gasteiger partial charge >= 0.3 is 0 Å². The number of ether oxygens (including phenoxy) is 2. The van der Waals surface area contributed by atoms with E-state index in [9.17, 15) is 10.1 Å². The molecule has 0 radical (unpaired) electrons. The average Bonchev–Trinajstić information content (AvgIpc) is 3.06. The van der Waals surface area contributed by atoms with Crippen LogP contribution in [0.4, 0.5) is 5.69 Å². The normalized spacial score (nSPS) is 11.2. The molecule has 0 saturated heterocycles. The summed E-state index contributed by atoms with van der Waals surface area (Å²) in [4.78, 5) is 13.3. The van der Waals surface area contributed by atoms with Crippen molar-refractivity contribution in [2.45, 2.75) is 13.2 Å². The third-order valence-corrected chi connectivity index (χ3v) is 7.81. The average molecular weight is 640 g/mol. The lowest BCUT2D eigenvalue weighted by Crippen LogP contribution is -2.13. The first kappa shape index (κ1) is 28.7. The molecule has 1 amide bonds. The summed E-state index contributed by atoms with van der Waals surface area (Å²) in [6.45, 7) is 0.765. The van der Waals surface area contributed by atoms with Gasteiger partial charge in [0, 0.05) is 15.7 Å². The fraction of sp³-hybridized carbons (Fsp3) is 0.0526. The van der Waals surface area contributed by atoms with Gasteiger partial charge in [-0.25, -0.2) is 0 Å². The Bertz CT molecular complexity index is 2020. The van der Waals surface area contributed by atoms with Crippen LogP contribution in [0, 0.1) is 11.3 Å². The predicted molar refractivity (Wildman–Crippen MR) is 179 cm³/mol. The minimum atomic E-state index is -0.510. The highest BCUT2D eigenvalue weighted by atomic mass is 79.9. The second-order valence-corrected chi connectivity index (χ2v) is 11.1. The zero-order chi connectivity index (χ0) is 30.3. The molecule has 6 aromatic carbocycles. The Balaban J connectivity index is 1.21. The number of carbonyl (C=O) groups excluding carboxylic acids is 1. The van der Waals surface area contributed by atoms with E-state index < -0.39 is 5.91 Å². The second-order valence-electron chi connectivity index (χ2n) is 10.2. The third-order valence-electron chi connectivity index (χ3n) is 7.28. The number of nitriles is 1. The lowest BCUT2D eigenvalue weighted by molar-refractivity contribution is -0.112. The van der Waals surface area contributed by atoms with Crippen LogP contribution < -0.4 is 14.8 Å². The fourth-order valence-electron chi connectivity index (χ4n) is 5.00. The Morgan fingerprint density at radius 1 is 0.727 bits per heavy atom. The number of hydrogen-bond acceptors (Lipinski definition) is 4. The maximum Gasteiger partial charge on any atom is 0.266 e. The van der Waals surface area contributed by atoms with Gasteiger partial charge in [-0.3, -0.25) is 4.79 Å². The molecule has 0 bridgehead atoms. The summed E-state index contributed by atoms with van der Waals surface area (Å²) in [6, 6.07) is 43.1. The molecule has 5 nitrogen and oxygen atoms in total. The minimum Gasteiger partial charge on any atom is -0.489 e. The molecular formula is C38H27BrN2O3.